The molecular weight excluding hydrogens is 346 g/mol. The number of hydrogen-bond acceptors (Lipinski definition) is 4. The second-order valence-electron chi connectivity index (χ2n) is 6.95. The average molecular weight is 374 g/mol. The SMILES string of the molecule is CCOc1ccc(N2CNc3cc(NCc4ccc(CC)cc4)ccc32)cc1. The Morgan fingerprint density at radius 2 is 1.68 bits per heavy atom. The van der Waals surface area contributed by atoms with Gasteiger partial charge in [-0.25, -0.2) is 0 Å². The standard InChI is InChI=1S/C24H27N3O/c1-3-18-5-7-19(8-6-18)16-25-20-9-14-24-23(15-20)26-17-27(24)21-10-12-22(13-11-21)28-4-2/h5-15,25-26H,3-4,16-17H2,1-2H3. The summed E-state index contributed by atoms with van der Waals surface area (Å²) in [6.07, 6.45) is 1.08. The van der Waals surface area contributed by atoms with Crippen LogP contribution in [0.4, 0.5) is 22.7 Å². The minimum Gasteiger partial charge on any atom is -0.494 e. The highest BCUT2D eigenvalue weighted by molar-refractivity contribution is 5.83. The average Bonchev–Trinajstić information content (AvgIpc) is 3.17. The number of ether oxygens (including phenoxy) is 1. The van der Waals surface area contributed by atoms with Gasteiger partial charge in [0.1, 0.15) is 5.75 Å². The summed E-state index contributed by atoms with van der Waals surface area (Å²) in [6, 6.07) is 23.6. The van der Waals surface area contributed by atoms with Crippen molar-refractivity contribution in [3.05, 3.63) is 77.9 Å². The Bertz CT molecular complexity index is 920. The van der Waals surface area contributed by atoms with Crippen LogP contribution >= 0.6 is 0 Å². The summed E-state index contributed by atoms with van der Waals surface area (Å²) in [5, 5.41) is 7.03. The van der Waals surface area contributed by atoms with Crippen molar-refractivity contribution in [2.75, 3.05) is 28.8 Å². The molecule has 0 aromatic heterocycles. The van der Waals surface area contributed by atoms with Crippen molar-refractivity contribution in [1.82, 2.24) is 0 Å². The minimum atomic E-state index is 0.686. The summed E-state index contributed by atoms with van der Waals surface area (Å²) >= 11 is 0. The van der Waals surface area contributed by atoms with Gasteiger partial charge < -0.3 is 20.3 Å². The van der Waals surface area contributed by atoms with Crippen molar-refractivity contribution in [2.45, 2.75) is 26.8 Å². The highest BCUT2D eigenvalue weighted by atomic mass is 16.5. The molecule has 0 bridgehead atoms. The summed E-state index contributed by atoms with van der Waals surface area (Å²) < 4.78 is 5.54. The number of nitrogens with one attached hydrogen (secondary N) is 2. The van der Waals surface area contributed by atoms with Crippen LogP contribution in [0.1, 0.15) is 25.0 Å². The molecule has 0 unspecified atom stereocenters. The third-order valence-electron chi connectivity index (χ3n) is 5.10. The molecule has 0 amide bonds. The molecule has 0 fully saturated rings. The molecule has 0 atom stereocenters. The van der Waals surface area contributed by atoms with E-state index in [4.69, 9.17) is 4.74 Å². The predicted molar refractivity (Wildman–Crippen MR) is 118 cm³/mol. The molecule has 1 aliphatic heterocycles. The van der Waals surface area contributed by atoms with Crippen LogP contribution in [-0.2, 0) is 13.0 Å². The third kappa shape index (κ3) is 3.91. The van der Waals surface area contributed by atoms with Gasteiger partial charge >= 0.3 is 0 Å². The largest absolute Gasteiger partial charge is 0.494 e. The van der Waals surface area contributed by atoms with E-state index in [1.54, 1.807) is 0 Å². The second kappa shape index (κ2) is 8.26. The first-order valence-corrected chi connectivity index (χ1v) is 9.97. The van der Waals surface area contributed by atoms with E-state index in [2.05, 4.69) is 77.1 Å². The first-order chi connectivity index (χ1) is 13.8. The highest BCUT2D eigenvalue weighted by Crippen LogP contribution is 2.38. The van der Waals surface area contributed by atoms with E-state index in [9.17, 15) is 0 Å². The van der Waals surface area contributed by atoms with Gasteiger partial charge in [-0.05, 0) is 66.9 Å². The normalized spacial score (nSPS) is 12.4. The third-order valence-corrected chi connectivity index (χ3v) is 5.10. The molecule has 0 saturated heterocycles. The molecule has 3 aromatic rings. The lowest BCUT2D eigenvalue weighted by atomic mass is 10.1. The van der Waals surface area contributed by atoms with Crippen LogP contribution < -0.4 is 20.3 Å². The van der Waals surface area contributed by atoms with Crippen LogP contribution in [0.15, 0.2) is 66.7 Å². The molecule has 1 heterocycles. The Morgan fingerprint density at radius 1 is 0.929 bits per heavy atom. The Morgan fingerprint density at radius 3 is 2.39 bits per heavy atom. The molecule has 0 aliphatic carbocycles. The maximum Gasteiger partial charge on any atom is 0.119 e. The summed E-state index contributed by atoms with van der Waals surface area (Å²) in [4.78, 5) is 2.28. The van der Waals surface area contributed by atoms with E-state index in [0.29, 0.717) is 6.61 Å². The number of aryl methyl sites for hydroxylation is 1. The van der Waals surface area contributed by atoms with Crippen LogP contribution in [0.3, 0.4) is 0 Å². The molecule has 4 nitrogen and oxygen atoms in total. The van der Waals surface area contributed by atoms with Crippen LogP contribution in [0, 0.1) is 0 Å². The molecule has 144 valence electrons. The summed E-state index contributed by atoms with van der Waals surface area (Å²) in [7, 11) is 0. The molecule has 2 N–H and O–H groups in total. The molecule has 4 rings (SSSR count). The van der Waals surface area contributed by atoms with Gasteiger partial charge in [0.05, 0.1) is 24.7 Å². The maximum absolute atomic E-state index is 5.54. The van der Waals surface area contributed by atoms with E-state index in [-0.39, 0.29) is 0 Å². The zero-order valence-electron chi connectivity index (χ0n) is 16.5. The lowest BCUT2D eigenvalue weighted by Crippen LogP contribution is -2.16. The van der Waals surface area contributed by atoms with Gasteiger partial charge in [0.15, 0.2) is 0 Å². The molecule has 0 saturated carbocycles. The van der Waals surface area contributed by atoms with E-state index >= 15 is 0 Å². The van der Waals surface area contributed by atoms with Crippen LogP contribution in [0.5, 0.6) is 5.75 Å². The number of rotatable bonds is 7. The lowest BCUT2D eigenvalue weighted by molar-refractivity contribution is 0.340. The van der Waals surface area contributed by atoms with Crippen molar-refractivity contribution < 1.29 is 4.74 Å². The Hall–Kier alpha value is -3.14. The van der Waals surface area contributed by atoms with Gasteiger partial charge in [0, 0.05) is 17.9 Å². The van der Waals surface area contributed by atoms with Gasteiger partial charge in [-0.15, -0.1) is 0 Å². The van der Waals surface area contributed by atoms with Crippen molar-refractivity contribution in [1.29, 1.82) is 0 Å². The summed E-state index contributed by atoms with van der Waals surface area (Å²) in [6.45, 7) is 6.46. The van der Waals surface area contributed by atoms with Crippen molar-refractivity contribution >= 4 is 22.7 Å². The molecule has 4 heteroatoms. The number of fused-ring (bicyclic) bond motifs is 1. The van der Waals surface area contributed by atoms with Crippen molar-refractivity contribution in [3.8, 4) is 5.75 Å². The number of benzene rings is 3. The Labute approximate surface area is 167 Å². The zero-order chi connectivity index (χ0) is 19.3. The maximum atomic E-state index is 5.54. The summed E-state index contributed by atoms with van der Waals surface area (Å²) in [5.74, 6) is 0.908. The molecule has 3 aromatic carbocycles. The zero-order valence-corrected chi connectivity index (χ0v) is 16.5. The Kier molecular flexibility index (Phi) is 5.38. The topological polar surface area (TPSA) is 36.5 Å². The van der Waals surface area contributed by atoms with Gasteiger partial charge in [-0.1, -0.05) is 31.2 Å². The van der Waals surface area contributed by atoms with Crippen LogP contribution in [0.2, 0.25) is 0 Å². The molecule has 1 aliphatic rings. The van der Waals surface area contributed by atoms with Crippen molar-refractivity contribution in [2.24, 2.45) is 0 Å². The quantitative estimate of drug-likeness (QED) is 0.550. The smallest absolute Gasteiger partial charge is 0.119 e. The fourth-order valence-electron chi connectivity index (χ4n) is 3.49. The van der Waals surface area contributed by atoms with Crippen LogP contribution in [-0.4, -0.2) is 13.3 Å². The monoisotopic (exact) mass is 373 g/mol. The van der Waals surface area contributed by atoms with E-state index in [1.807, 2.05) is 19.1 Å². The predicted octanol–water partition coefficient (Wildman–Crippen LogP) is 5.78. The number of hydrogen-bond donors (Lipinski definition) is 2. The van der Waals surface area contributed by atoms with Crippen molar-refractivity contribution in [3.63, 3.8) is 0 Å². The first-order valence-electron chi connectivity index (χ1n) is 9.97. The van der Waals surface area contributed by atoms with E-state index in [1.165, 1.54) is 16.8 Å². The summed E-state index contributed by atoms with van der Waals surface area (Å²) in [5.41, 5.74) is 7.30. The van der Waals surface area contributed by atoms with E-state index < -0.39 is 0 Å². The van der Waals surface area contributed by atoms with Gasteiger partial charge in [-0.2, -0.15) is 0 Å². The van der Waals surface area contributed by atoms with Crippen LogP contribution in [0.25, 0.3) is 0 Å². The fraction of sp³-hybridized carbons (Fsp3) is 0.250. The Balaban J connectivity index is 1.44. The fourth-order valence-corrected chi connectivity index (χ4v) is 3.49. The molecule has 0 radical (unpaired) electrons. The number of nitrogens with zero attached hydrogens (tertiary/aromatic N) is 1. The van der Waals surface area contributed by atoms with Gasteiger partial charge in [-0.3, -0.25) is 0 Å². The molecule has 0 spiro atoms. The molecular formula is C24H27N3O. The molecule has 28 heavy (non-hydrogen) atoms. The highest BCUT2D eigenvalue weighted by Gasteiger charge is 2.20. The number of anilines is 4. The minimum absolute atomic E-state index is 0.686. The van der Waals surface area contributed by atoms with E-state index in [0.717, 1.165) is 42.4 Å². The van der Waals surface area contributed by atoms with Gasteiger partial charge in [0.2, 0.25) is 0 Å². The second-order valence-corrected chi connectivity index (χ2v) is 6.95. The lowest BCUT2D eigenvalue weighted by Gasteiger charge is -2.19. The van der Waals surface area contributed by atoms with Gasteiger partial charge in [0.25, 0.3) is 0 Å². The first kappa shape index (κ1) is 18.2.